The molecule has 1 aliphatic heterocycles. The number of aromatic nitrogens is 3. The van der Waals surface area contributed by atoms with Gasteiger partial charge in [-0.2, -0.15) is 4.98 Å². The van der Waals surface area contributed by atoms with E-state index in [0.29, 0.717) is 18.8 Å². The number of carbonyl (C=O) groups is 1. The first kappa shape index (κ1) is 17.5. The molecule has 1 atom stereocenters. The molecule has 1 amide bonds. The van der Waals surface area contributed by atoms with Crippen molar-refractivity contribution >= 4 is 22.8 Å². The van der Waals surface area contributed by atoms with Crippen molar-refractivity contribution in [2.45, 2.75) is 26.2 Å². The van der Waals surface area contributed by atoms with E-state index in [9.17, 15) is 4.79 Å². The zero-order chi connectivity index (χ0) is 18.6. The Bertz CT molecular complexity index is 925. The van der Waals surface area contributed by atoms with Gasteiger partial charge in [-0.25, -0.2) is 4.98 Å². The minimum absolute atomic E-state index is 0.0419. The normalized spacial score (nSPS) is 17.2. The Kier molecular flexibility index (Phi) is 5.00. The Labute approximate surface area is 157 Å². The molecule has 1 N–H and O–H groups in total. The van der Waals surface area contributed by atoms with E-state index >= 15 is 0 Å². The summed E-state index contributed by atoms with van der Waals surface area (Å²) in [7, 11) is 0. The number of carbonyl (C=O) groups excluding carboxylic acids is 1. The van der Waals surface area contributed by atoms with Crippen molar-refractivity contribution in [2.24, 2.45) is 5.92 Å². The van der Waals surface area contributed by atoms with E-state index in [2.05, 4.69) is 37.5 Å². The molecular formula is C20H23N5O2. The standard InChI is InChI=1S/C20H23N5O2/c1-14-17-18(22-13-23-20(17)27-24-14)25-11-5-8-16(12-25)19(26)21-10-9-15-6-3-2-4-7-15/h2-4,6-7,13,16H,5,8-12H2,1H3,(H,21,26)/t16-/m0/s1. The zero-order valence-electron chi connectivity index (χ0n) is 15.4. The van der Waals surface area contributed by atoms with E-state index < -0.39 is 0 Å². The van der Waals surface area contributed by atoms with Crippen LogP contribution < -0.4 is 10.2 Å². The van der Waals surface area contributed by atoms with E-state index in [1.807, 2.05) is 25.1 Å². The summed E-state index contributed by atoms with van der Waals surface area (Å²) in [6.07, 6.45) is 4.18. The number of aryl methyl sites for hydroxylation is 1. The van der Waals surface area contributed by atoms with Gasteiger partial charge in [0.15, 0.2) is 0 Å². The van der Waals surface area contributed by atoms with Gasteiger partial charge in [0, 0.05) is 19.6 Å². The van der Waals surface area contributed by atoms with Gasteiger partial charge in [-0.05, 0) is 31.7 Å². The summed E-state index contributed by atoms with van der Waals surface area (Å²) in [5.41, 5.74) is 2.50. The van der Waals surface area contributed by atoms with Crippen LogP contribution in [0.25, 0.3) is 11.1 Å². The number of fused-ring (bicyclic) bond motifs is 1. The average molecular weight is 365 g/mol. The topological polar surface area (TPSA) is 84.2 Å². The molecule has 4 rings (SSSR count). The number of hydrogen-bond acceptors (Lipinski definition) is 6. The molecule has 0 radical (unpaired) electrons. The highest BCUT2D eigenvalue weighted by Crippen LogP contribution is 2.29. The van der Waals surface area contributed by atoms with Crippen LogP contribution in [0.4, 0.5) is 5.82 Å². The maximum atomic E-state index is 12.6. The lowest BCUT2D eigenvalue weighted by atomic mass is 9.96. The quantitative estimate of drug-likeness (QED) is 0.748. The van der Waals surface area contributed by atoms with Crippen LogP contribution in [0.3, 0.4) is 0 Å². The van der Waals surface area contributed by atoms with Crippen molar-refractivity contribution in [3.8, 4) is 0 Å². The highest BCUT2D eigenvalue weighted by Gasteiger charge is 2.28. The minimum atomic E-state index is -0.0419. The fourth-order valence-electron chi connectivity index (χ4n) is 3.65. The summed E-state index contributed by atoms with van der Waals surface area (Å²) in [6, 6.07) is 10.2. The van der Waals surface area contributed by atoms with Crippen molar-refractivity contribution in [2.75, 3.05) is 24.5 Å². The lowest BCUT2D eigenvalue weighted by Gasteiger charge is -2.33. The number of hydrogen-bond donors (Lipinski definition) is 1. The molecule has 27 heavy (non-hydrogen) atoms. The summed E-state index contributed by atoms with van der Waals surface area (Å²) in [6.45, 7) is 4.05. The van der Waals surface area contributed by atoms with Crippen LogP contribution in [0.5, 0.6) is 0 Å². The van der Waals surface area contributed by atoms with E-state index in [1.165, 1.54) is 11.9 Å². The van der Waals surface area contributed by atoms with Crippen molar-refractivity contribution < 1.29 is 9.32 Å². The lowest BCUT2D eigenvalue weighted by molar-refractivity contribution is -0.125. The molecule has 0 bridgehead atoms. The molecule has 3 heterocycles. The van der Waals surface area contributed by atoms with Crippen LogP contribution in [0.15, 0.2) is 41.2 Å². The second kappa shape index (κ2) is 7.73. The molecule has 0 saturated carbocycles. The maximum Gasteiger partial charge on any atom is 0.263 e. The van der Waals surface area contributed by atoms with Gasteiger partial charge in [-0.1, -0.05) is 35.5 Å². The van der Waals surface area contributed by atoms with E-state index in [0.717, 1.165) is 42.7 Å². The van der Waals surface area contributed by atoms with Gasteiger partial charge < -0.3 is 14.7 Å². The fourth-order valence-corrected chi connectivity index (χ4v) is 3.65. The Hall–Kier alpha value is -2.96. The third-order valence-corrected chi connectivity index (χ3v) is 5.07. The van der Waals surface area contributed by atoms with E-state index in [1.54, 1.807) is 0 Å². The van der Waals surface area contributed by atoms with Gasteiger partial charge in [-0.3, -0.25) is 4.79 Å². The van der Waals surface area contributed by atoms with Crippen LogP contribution in [0.1, 0.15) is 24.1 Å². The Morgan fingerprint density at radius 3 is 3.00 bits per heavy atom. The number of rotatable bonds is 5. The summed E-state index contributed by atoms with van der Waals surface area (Å²) >= 11 is 0. The molecule has 0 aliphatic carbocycles. The monoisotopic (exact) mass is 365 g/mol. The van der Waals surface area contributed by atoms with Gasteiger partial charge in [0.2, 0.25) is 5.91 Å². The summed E-state index contributed by atoms with van der Waals surface area (Å²) in [4.78, 5) is 23.4. The largest absolute Gasteiger partial charge is 0.355 e. The predicted molar refractivity (Wildman–Crippen MR) is 102 cm³/mol. The Morgan fingerprint density at radius 1 is 1.30 bits per heavy atom. The number of nitrogens with zero attached hydrogens (tertiary/aromatic N) is 4. The fraction of sp³-hybridized carbons (Fsp3) is 0.400. The van der Waals surface area contributed by atoms with Crippen LogP contribution in [0.2, 0.25) is 0 Å². The van der Waals surface area contributed by atoms with Gasteiger partial charge in [-0.15, -0.1) is 0 Å². The third-order valence-electron chi connectivity index (χ3n) is 5.07. The molecule has 1 aromatic carbocycles. The van der Waals surface area contributed by atoms with Crippen molar-refractivity contribution in [3.05, 3.63) is 47.9 Å². The lowest BCUT2D eigenvalue weighted by Crippen LogP contribution is -2.43. The zero-order valence-corrected chi connectivity index (χ0v) is 15.4. The van der Waals surface area contributed by atoms with Crippen molar-refractivity contribution in [1.29, 1.82) is 0 Å². The second-order valence-corrected chi connectivity index (χ2v) is 6.96. The molecule has 1 fully saturated rings. The molecule has 0 spiro atoms. The predicted octanol–water partition coefficient (Wildman–Crippen LogP) is 2.50. The number of amides is 1. The minimum Gasteiger partial charge on any atom is -0.355 e. The summed E-state index contributed by atoms with van der Waals surface area (Å²) in [5, 5.41) is 7.91. The van der Waals surface area contributed by atoms with E-state index in [-0.39, 0.29) is 11.8 Å². The molecular weight excluding hydrogens is 342 g/mol. The van der Waals surface area contributed by atoms with Crippen LogP contribution in [-0.4, -0.2) is 40.7 Å². The molecule has 1 saturated heterocycles. The molecule has 7 nitrogen and oxygen atoms in total. The maximum absolute atomic E-state index is 12.6. The van der Waals surface area contributed by atoms with Gasteiger partial charge >= 0.3 is 0 Å². The third kappa shape index (κ3) is 3.77. The van der Waals surface area contributed by atoms with Crippen molar-refractivity contribution in [3.63, 3.8) is 0 Å². The number of benzene rings is 1. The molecule has 7 heteroatoms. The average Bonchev–Trinajstić information content (AvgIpc) is 3.10. The van der Waals surface area contributed by atoms with Gasteiger partial charge in [0.1, 0.15) is 17.5 Å². The first-order valence-corrected chi connectivity index (χ1v) is 9.36. The highest BCUT2D eigenvalue weighted by atomic mass is 16.5. The Morgan fingerprint density at radius 2 is 2.15 bits per heavy atom. The van der Waals surface area contributed by atoms with E-state index in [4.69, 9.17) is 4.52 Å². The smallest absolute Gasteiger partial charge is 0.263 e. The van der Waals surface area contributed by atoms with Crippen LogP contribution in [-0.2, 0) is 11.2 Å². The first-order chi connectivity index (χ1) is 13.2. The first-order valence-electron chi connectivity index (χ1n) is 9.36. The Balaban J connectivity index is 1.40. The molecule has 1 aliphatic rings. The van der Waals surface area contributed by atoms with Crippen LogP contribution in [0, 0.1) is 12.8 Å². The highest BCUT2D eigenvalue weighted by molar-refractivity contribution is 5.88. The molecule has 2 aromatic heterocycles. The van der Waals surface area contributed by atoms with Crippen molar-refractivity contribution in [1.82, 2.24) is 20.4 Å². The van der Waals surface area contributed by atoms with Crippen LogP contribution >= 0.6 is 0 Å². The molecule has 0 unspecified atom stereocenters. The summed E-state index contributed by atoms with van der Waals surface area (Å²) < 4.78 is 5.24. The number of anilines is 1. The number of piperidine rings is 1. The summed E-state index contributed by atoms with van der Waals surface area (Å²) in [5.74, 6) is 0.878. The SMILES string of the molecule is Cc1noc2ncnc(N3CCC[C@H](C(=O)NCCc4ccccc4)C3)c12. The second-order valence-electron chi connectivity index (χ2n) is 6.96. The number of nitrogens with one attached hydrogen (secondary N) is 1. The molecule has 3 aromatic rings. The van der Waals surface area contributed by atoms with Gasteiger partial charge in [0.05, 0.1) is 11.6 Å². The van der Waals surface area contributed by atoms with Gasteiger partial charge in [0.25, 0.3) is 5.71 Å². The molecule has 140 valence electrons.